The van der Waals surface area contributed by atoms with Crippen LogP contribution >= 0.6 is 0 Å². The minimum absolute atomic E-state index is 0.162. The molecule has 7 heteroatoms. The third-order valence-electron chi connectivity index (χ3n) is 8.94. The van der Waals surface area contributed by atoms with Crippen LogP contribution in [0.2, 0.25) is 0 Å². The molecule has 32 heavy (non-hydrogen) atoms. The zero-order valence-electron chi connectivity index (χ0n) is 18.9. The molecular formula is C25H30N2O5. The van der Waals surface area contributed by atoms with Gasteiger partial charge in [0.15, 0.2) is 0 Å². The van der Waals surface area contributed by atoms with E-state index in [4.69, 9.17) is 9.15 Å². The molecule has 2 aromatic heterocycles. The highest BCUT2D eigenvalue weighted by molar-refractivity contribution is 5.59. The van der Waals surface area contributed by atoms with E-state index >= 15 is 0 Å². The lowest BCUT2D eigenvalue weighted by Crippen LogP contribution is -2.67. The third kappa shape index (κ3) is 2.83. The molecule has 2 aliphatic carbocycles. The maximum Gasteiger partial charge on any atom is 0.345 e. The summed E-state index contributed by atoms with van der Waals surface area (Å²) in [5.74, 6) is 1.30. The van der Waals surface area contributed by atoms with E-state index in [1.54, 1.807) is 30.6 Å². The topological polar surface area (TPSA) is 102 Å². The molecule has 2 aromatic rings. The summed E-state index contributed by atoms with van der Waals surface area (Å²) < 4.78 is 12.1. The molecule has 1 N–H and O–H groups in total. The van der Waals surface area contributed by atoms with Gasteiger partial charge in [-0.05, 0) is 61.5 Å². The van der Waals surface area contributed by atoms with Crippen molar-refractivity contribution in [1.29, 1.82) is 0 Å². The van der Waals surface area contributed by atoms with Crippen molar-refractivity contribution in [1.82, 2.24) is 4.98 Å². The van der Waals surface area contributed by atoms with Crippen LogP contribution in [0.4, 0.5) is 0 Å². The van der Waals surface area contributed by atoms with E-state index in [1.165, 1.54) is 0 Å². The number of fused-ring (bicyclic) bond motifs is 4. The molecule has 0 aromatic carbocycles. The smallest absolute Gasteiger partial charge is 0.345 e. The summed E-state index contributed by atoms with van der Waals surface area (Å²) in [5.41, 5.74) is -1.15. The van der Waals surface area contributed by atoms with Crippen LogP contribution in [0.25, 0.3) is 11.3 Å². The van der Waals surface area contributed by atoms with Gasteiger partial charge in [-0.25, -0.2) is 4.79 Å². The Morgan fingerprint density at radius 1 is 1.28 bits per heavy atom. The Balaban J connectivity index is 1.68. The van der Waals surface area contributed by atoms with Crippen molar-refractivity contribution in [2.24, 2.45) is 34.3 Å². The molecular weight excluding hydrogens is 408 g/mol. The van der Waals surface area contributed by atoms with Crippen molar-refractivity contribution in [2.45, 2.75) is 64.7 Å². The Labute approximate surface area is 187 Å². The number of aromatic nitrogens is 1. The molecule has 3 aliphatic rings. The van der Waals surface area contributed by atoms with E-state index in [-0.39, 0.29) is 22.6 Å². The quantitative estimate of drug-likeness (QED) is 0.680. The van der Waals surface area contributed by atoms with Gasteiger partial charge in [-0.2, -0.15) is 4.91 Å². The van der Waals surface area contributed by atoms with Crippen LogP contribution in [0.5, 0.6) is 5.75 Å². The highest BCUT2D eigenvalue weighted by atomic mass is 16.5. The minimum Gasteiger partial charge on any atom is -0.484 e. The van der Waals surface area contributed by atoms with E-state index < -0.39 is 29.3 Å². The fourth-order valence-corrected chi connectivity index (χ4v) is 7.00. The predicted octanol–water partition coefficient (Wildman–Crippen LogP) is 4.73. The number of rotatable bonds is 2. The Hall–Kier alpha value is -2.54. The highest BCUT2D eigenvalue weighted by Crippen LogP contribution is 2.65. The maximum absolute atomic E-state index is 13.1. The molecule has 170 valence electrons. The fraction of sp³-hybridized carbons (Fsp3) is 0.600. The van der Waals surface area contributed by atoms with Gasteiger partial charge in [0.05, 0.1) is 6.10 Å². The third-order valence-corrected chi connectivity index (χ3v) is 8.94. The molecule has 0 amide bonds. The van der Waals surface area contributed by atoms with Crippen molar-refractivity contribution in [3.05, 3.63) is 51.5 Å². The molecule has 5 rings (SSSR count). The zero-order valence-corrected chi connectivity index (χ0v) is 18.9. The molecule has 1 aliphatic heterocycles. The fourth-order valence-electron chi connectivity index (χ4n) is 7.00. The van der Waals surface area contributed by atoms with E-state index in [0.717, 1.165) is 12.8 Å². The molecule has 0 radical (unpaired) electrons. The Kier molecular flexibility index (Phi) is 4.82. The molecule has 3 heterocycles. The van der Waals surface area contributed by atoms with Crippen molar-refractivity contribution in [2.75, 3.05) is 0 Å². The number of hydrogen-bond donors (Lipinski definition) is 1. The molecule has 2 saturated carbocycles. The summed E-state index contributed by atoms with van der Waals surface area (Å²) in [7, 11) is 0. The second-order valence-electron chi connectivity index (χ2n) is 10.5. The standard InChI is InChI=1S/C25H30N2O5/c1-13-7-8-24(3)16(14(13)2)10-19(28)25(4)22(24)21(27-30)20-18(32-25)11-17(31-23(20)29)15-6-5-9-26-12-15/h5-6,9,11-14,16,19,21-22,28H,7-8,10H2,1-4H3. The van der Waals surface area contributed by atoms with E-state index in [1.807, 2.05) is 6.92 Å². The molecule has 8 unspecified atom stereocenters. The lowest BCUT2D eigenvalue weighted by atomic mass is 9.45. The predicted molar refractivity (Wildman–Crippen MR) is 119 cm³/mol. The SMILES string of the molecule is CC1CCC2(C)C(CC(O)C3(C)Oc4cc(-c5cccnc5)oc(=O)c4C(N=O)C23)C1C. The summed E-state index contributed by atoms with van der Waals surface area (Å²) >= 11 is 0. The summed E-state index contributed by atoms with van der Waals surface area (Å²) in [6, 6.07) is 4.22. The van der Waals surface area contributed by atoms with E-state index in [0.29, 0.717) is 29.6 Å². The second-order valence-corrected chi connectivity index (χ2v) is 10.5. The largest absolute Gasteiger partial charge is 0.484 e. The molecule has 2 fully saturated rings. The monoisotopic (exact) mass is 438 g/mol. The maximum atomic E-state index is 13.1. The van der Waals surface area contributed by atoms with Gasteiger partial charge in [0, 0.05) is 29.9 Å². The van der Waals surface area contributed by atoms with Crippen LogP contribution in [0.1, 0.15) is 58.6 Å². The van der Waals surface area contributed by atoms with Gasteiger partial charge in [-0.15, -0.1) is 0 Å². The average molecular weight is 439 g/mol. The average Bonchev–Trinajstić information content (AvgIpc) is 2.78. The van der Waals surface area contributed by atoms with E-state index in [2.05, 4.69) is 30.9 Å². The number of aliphatic hydroxyl groups is 1. The van der Waals surface area contributed by atoms with Gasteiger partial charge in [0.2, 0.25) is 0 Å². The normalized spacial score (nSPS) is 40.4. The first-order valence-corrected chi connectivity index (χ1v) is 11.5. The Morgan fingerprint density at radius 2 is 2.06 bits per heavy atom. The number of nitroso groups, excluding NO2 is 1. The minimum atomic E-state index is -1.03. The van der Waals surface area contributed by atoms with Crippen LogP contribution in [0.3, 0.4) is 0 Å². The number of pyridine rings is 1. The van der Waals surface area contributed by atoms with Gasteiger partial charge >= 0.3 is 5.63 Å². The number of nitrogens with zero attached hydrogens (tertiary/aromatic N) is 2. The summed E-state index contributed by atoms with van der Waals surface area (Å²) in [6.07, 6.45) is 5.00. The Bertz CT molecular complexity index is 1100. The second kappa shape index (κ2) is 7.24. The van der Waals surface area contributed by atoms with Crippen LogP contribution < -0.4 is 10.4 Å². The van der Waals surface area contributed by atoms with Gasteiger partial charge in [0.1, 0.15) is 28.7 Å². The molecule has 0 bridgehead atoms. The van der Waals surface area contributed by atoms with Crippen LogP contribution in [-0.4, -0.2) is 21.8 Å². The summed E-state index contributed by atoms with van der Waals surface area (Å²) in [4.78, 5) is 29.5. The zero-order chi connectivity index (χ0) is 22.8. The van der Waals surface area contributed by atoms with Crippen LogP contribution in [-0.2, 0) is 0 Å². The number of hydrogen-bond acceptors (Lipinski definition) is 7. The van der Waals surface area contributed by atoms with Gasteiger partial charge < -0.3 is 14.3 Å². The first-order chi connectivity index (χ1) is 15.2. The first-order valence-electron chi connectivity index (χ1n) is 11.5. The number of aliphatic hydroxyl groups excluding tert-OH is 1. The molecule has 7 nitrogen and oxygen atoms in total. The van der Waals surface area contributed by atoms with E-state index in [9.17, 15) is 14.8 Å². The van der Waals surface area contributed by atoms with Crippen molar-refractivity contribution in [3.63, 3.8) is 0 Å². The van der Waals surface area contributed by atoms with Crippen molar-refractivity contribution >= 4 is 0 Å². The Morgan fingerprint density at radius 3 is 2.75 bits per heavy atom. The van der Waals surface area contributed by atoms with Crippen molar-refractivity contribution < 1.29 is 14.3 Å². The van der Waals surface area contributed by atoms with Crippen LogP contribution in [0, 0.1) is 34.0 Å². The van der Waals surface area contributed by atoms with Crippen molar-refractivity contribution in [3.8, 4) is 17.1 Å². The summed E-state index contributed by atoms with van der Waals surface area (Å²) in [6.45, 7) is 8.54. The molecule has 0 saturated heterocycles. The lowest BCUT2D eigenvalue weighted by molar-refractivity contribution is -0.214. The first kappa shape index (κ1) is 21.3. The molecule has 0 spiro atoms. The van der Waals surface area contributed by atoms with Crippen LogP contribution in [0.15, 0.2) is 45.0 Å². The van der Waals surface area contributed by atoms with Gasteiger partial charge in [-0.1, -0.05) is 25.9 Å². The van der Waals surface area contributed by atoms with Gasteiger partial charge in [0.25, 0.3) is 0 Å². The summed E-state index contributed by atoms with van der Waals surface area (Å²) in [5, 5.41) is 14.8. The lowest BCUT2D eigenvalue weighted by Gasteiger charge is -2.63. The highest BCUT2D eigenvalue weighted by Gasteiger charge is 2.66. The van der Waals surface area contributed by atoms with Gasteiger partial charge in [-0.3, -0.25) is 4.98 Å². The molecule has 8 atom stereocenters. The number of ether oxygens (including phenoxy) is 1.